The number of benzene rings is 1. The molecule has 1 fully saturated rings. The molecule has 0 saturated heterocycles. The van der Waals surface area contributed by atoms with Gasteiger partial charge < -0.3 is 15.7 Å². The van der Waals surface area contributed by atoms with E-state index in [1.807, 2.05) is 31.2 Å². The molecular weight excluding hydrogens is 276 g/mol. The molecule has 1 aromatic rings. The van der Waals surface area contributed by atoms with E-state index >= 15 is 0 Å². The zero-order valence-electron chi connectivity index (χ0n) is 13.7. The number of aliphatic hydroxyl groups excluding tert-OH is 1. The maximum atomic E-state index is 12.2. The van der Waals surface area contributed by atoms with Crippen LogP contribution in [0.5, 0.6) is 0 Å². The van der Waals surface area contributed by atoms with Gasteiger partial charge >= 0.3 is 0 Å². The smallest absolute Gasteiger partial charge is 0.225 e. The second-order valence-corrected chi connectivity index (χ2v) is 6.45. The normalized spacial score (nSPS) is 18.1. The first-order valence-corrected chi connectivity index (χ1v) is 8.35. The molecule has 1 atom stereocenters. The van der Waals surface area contributed by atoms with E-state index in [1.165, 1.54) is 0 Å². The number of aliphatic hydroxyl groups is 1. The van der Waals surface area contributed by atoms with Crippen molar-refractivity contribution >= 4 is 11.6 Å². The summed E-state index contributed by atoms with van der Waals surface area (Å²) in [5.41, 5.74) is 1.88. The molecule has 1 aromatic carbocycles. The average Bonchev–Trinajstić information content (AvgIpc) is 2.96. The molecule has 0 aliphatic heterocycles. The van der Waals surface area contributed by atoms with Gasteiger partial charge in [-0.3, -0.25) is 4.79 Å². The van der Waals surface area contributed by atoms with E-state index in [2.05, 4.69) is 17.6 Å². The highest BCUT2D eigenvalue weighted by Crippen LogP contribution is 2.29. The molecular formula is C18H28N2O2. The number of para-hydroxylation sites is 1. The number of hydrogen-bond acceptors (Lipinski definition) is 3. The summed E-state index contributed by atoms with van der Waals surface area (Å²) in [6.07, 6.45) is 5.60. The van der Waals surface area contributed by atoms with Crippen LogP contribution in [0.3, 0.4) is 0 Å². The number of rotatable bonds is 7. The van der Waals surface area contributed by atoms with Gasteiger partial charge in [-0.05, 0) is 37.8 Å². The Morgan fingerprint density at radius 2 is 2.00 bits per heavy atom. The van der Waals surface area contributed by atoms with Gasteiger partial charge in [-0.15, -0.1) is 0 Å². The Morgan fingerprint density at radius 3 is 2.64 bits per heavy atom. The van der Waals surface area contributed by atoms with Crippen LogP contribution in [0.25, 0.3) is 0 Å². The zero-order valence-corrected chi connectivity index (χ0v) is 13.7. The van der Waals surface area contributed by atoms with Crippen LogP contribution in [0.2, 0.25) is 0 Å². The highest BCUT2D eigenvalue weighted by Gasteiger charge is 2.34. The summed E-state index contributed by atoms with van der Waals surface area (Å²) in [5.74, 6) is 0.0204. The molecule has 4 nitrogen and oxygen atoms in total. The maximum Gasteiger partial charge on any atom is 0.225 e. The van der Waals surface area contributed by atoms with Crippen molar-refractivity contribution in [1.29, 1.82) is 0 Å². The van der Waals surface area contributed by atoms with Crippen LogP contribution in [0.4, 0.5) is 5.69 Å². The van der Waals surface area contributed by atoms with Crippen LogP contribution in [-0.4, -0.2) is 29.2 Å². The zero-order chi connectivity index (χ0) is 16.0. The number of carbonyl (C=O) groups is 1. The van der Waals surface area contributed by atoms with Crippen molar-refractivity contribution < 1.29 is 9.90 Å². The van der Waals surface area contributed by atoms with Crippen LogP contribution in [-0.2, 0) is 11.2 Å². The summed E-state index contributed by atoms with van der Waals surface area (Å²) in [5, 5.41) is 16.1. The Hall–Kier alpha value is -1.39. The Morgan fingerprint density at radius 1 is 1.32 bits per heavy atom. The Bertz CT molecular complexity index is 496. The molecule has 22 heavy (non-hydrogen) atoms. The summed E-state index contributed by atoms with van der Waals surface area (Å²) in [4.78, 5) is 12.2. The third-order valence-corrected chi connectivity index (χ3v) is 4.58. The van der Waals surface area contributed by atoms with Gasteiger partial charge in [0, 0.05) is 23.7 Å². The maximum absolute atomic E-state index is 12.2. The van der Waals surface area contributed by atoms with Crippen molar-refractivity contribution in [2.24, 2.45) is 0 Å². The molecule has 122 valence electrons. The highest BCUT2D eigenvalue weighted by molar-refractivity contribution is 5.91. The number of carbonyl (C=O) groups excluding carboxylic acids is 1. The molecule has 2 rings (SSSR count). The Balaban J connectivity index is 1.88. The molecule has 3 N–H and O–H groups in total. The van der Waals surface area contributed by atoms with E-state index in [4.69, 9.17) is 0 Å². The molecule has 4 heteroatoms. The van der Waals surface area contributed by atoms with Gasteiger partial charge in [0.1, 0.15) is 0 Å². The van der Waals surface area contributed by atoms with Gasteiger partial charge in [0.25, 0.3) is 0 Å². The molecule has 0 spiro atoms. The monoisotopic (exact) mass is 304 g/mol. The fourth-order valence-electron chi connectivity index (χ4n) is 3.40. The first-order valence-electron chi connectivity index (χ1n) is 8.35. The predicted molar refractivity (Wildman–Crippen MR) is 89.9 cm³/mol. The first kappa shape index (κ1) is 17.0. The number of amides is 1. The molecule has 1 aliphatic carbocycles. The van der Waals surface area contributed by atoms with E-state index in [0.717, 1.165) is 43.4 Å². The summed E-state index contributed by atoms with van der Waals surface area (Å²) >= 11 is 0. The quantitative estimate of drug-likeness (QED) is 0.726. The van der Waals surface area contributed by atoms with Crippen molar-refractivity contribution in [2.45, 2.75) is 64.0 Å². The fraction of sp³-hybridized carbons (Fsp3) is 0.611. The molecule has 0 bridgehead atoms. The summed E-state index contributed by atoms with van der Waals surface area (Å²) < 4.78 is 0. The lowest BCUT2D eigenvalue weighted by Crippen LogP contribution is -2.51. The summed E-state index contributed by atoms with van der Waals surface area (Å²) in [6, 6.07) is 7.97. The van der Waals surface area contributed by atoms with E-state index in [1.54, 1.807) is 0 Å². The van der Waals surface area contributed by atoms with Gasteiger partial charge in [-0.1, -0.05) is 38.0 Å². The second-order valence-electron chi connectivity index (χ2n) is 6.45. The molecule has 1 amide bonds. The first-order chi connectivity index (χ1) is 10.6. The van der Waals surface area contributed by atoms with Crippen molar-refractivity contribution in [3.8, 4) is 0 Å². The van der Waals surface area contributed by atoms with Crippen LogP contribution in [0.15, 0.2) is 24.3 Å². The Kier molecular flexibility index (Phi) is 5.98. The number of anilines is 1. The van der Waals surface area contributed by atoms with Crippen LogP contribution < -0.4 is 10.6 Å². The minimum absolute atomic E-state index is 0.0204. The fourth-order valence-corrected chi connectivity index (χ4v) is 3.40. The predicted octanol–water partition coefficient (Wildman–Crippen LogP) is 2.86. The highest BCUT2D eigenvalue weighted by atomic mass is 16.3. The molecule has 0 radical (unpaired) electrons. The Labute approximate surface area is 133 Å². The van der Waals surface area contributed by atoms with Gasteiger partial charge in [0.05, 0.1) is 6.61 Å². The van der Waals surface area contributed by atoms with E-state index in [0.29, 0.717) is 6.42 Å². The minimum atomic E-state index is -0.180. The third kappa shape index (κ3) is 4.31. The van der Waals surface area contributed by atoms with Crippen molar-refractivity contribution in [1.82, 2.24) is 5.32 Å². The number of hydrogen-bond donors (Lipinski definition) is 3. The van der Waals surface area contributed by atoms with Gasteiger partial charge in [0.2, 0.25) is 5.91 Å². The molecule has 0 heterocycles. The standard InChI is InChI=1S/C18H28N2O2/c1-3-15-8-4-5-9-16(15)19-17(22)12-14(2)20-18(13-21)10-6-7-11-18/h4-5,8-9,14,20-21H,3,6-7,10-13H2,1-2H3,(H,19,22). The lowest BCUT2D eigenvalue weighted by Gasteiger charge is -2.31. The largest absolute Gasteiger partial charge is 0.394 e. The summed E-state index contributed by atoms with van der Waals surface area (Å²) in [7, 11) is 0. The number of aryl methyl sites for hydroxylation is 1. The minimum Gasteiger partial charge on any atom is -0.394 e. The van der Waals surface area contributed by atoms with E-state index in [9.17, 15) is 9.90 Å². The lowest BCUT2D eigenvalue weighted by atomic mass is 9.97. The number of nitrogens with one attached hydrogen (secondary N) is 2. The van der Waals surface area contributed by atoms with Crippen molar-refractivity contribution in [3.63, 3.8) is 0 Å². The lowest BCUT2D eigenvalue weighted by molar-refractivity contribution is -0.116. The second kappa shape index (κ2) is 7.75. The molecule has 1 aliphatic rings. The van der Waals surface area contributed by atoms with Crippen molar-refractivity contribution in [3.05, 3.63) is 29.8 Å². The average molecular weight is 304 g/mol. The van der Waals surface area contributed by atoms with E-state index in [-0.39, 0.29) is 24.1 Å². The molecule has 1 unspecified atom stereocenters. The SMILES string of the molecule is CCc1ccccc1NC(=O)CC(C)NC1(CO)CCCC1. The van der Waals surface area contributed by atoms with E-state index < -0.39 is 0 Å². The third-order valence-electron chi connectivity index (χ3n) is 4.58. The van der Waals surface area contributed by atoms with Gasteiger partial charge in [0.15, 0.2) is 0 Å². The van der Waals surface area contributed by atoms with Crippen molar-refractivity contribution in [2.75, 3.05) is 11.9 Å². The van der Waals surface area contributed by atoms with Crippen LogP contribution in [0.1, 0.15) is 51.5 Å². The van der Waals surface area contributed by atoms with Gasteiger partial charge in [-0.25, -0.2) is 0 Å². The molecule has 1 saturated carbocycles. The van der Waals surface area contributed by atoms with Crippen LogP contribution >= 0.6 is 0 Å². The molecule has 0 aromatic heterocycles. The topological polar surface area (TPSA) is 61.4 Å². The van der Waals surface area contributed by atoms with Crippen LogP contribution in [0, 0.1) is 0 Å². The summed E-state index contributed by atoms with van der Waals surface area (Å²) in [6.45, 7) is 4.25. The van der Waals surface area contributed by atoms with Gasteiger partial charge in [-0.2, -0.15) is 0 Å².